The molecular formula is C14H26O. The summed E-state index contributed by atoms with van der Waals surface area (Å²) in [5.74, 6) is 0.951. The van der Waals surface area contributed by atoms with Crippen LogP contribution < -0.4 is 4.74 Å². The average molecular weight is 210 g/mol. The molecule has 0 aliphatic rings. The largest absolute Gasteiger partial charge is 0.493 e. The number of benzene rings is 1. The Bertz CT molecular complexity index is 221. The molecule has 15 heavy (non-hydrogen) atoms. The third-order valence-corrected chi connectivity index (χ3v) is 1.42. The van der Waals surface area contributed by atoms with Crippen LogP contribution in [0.15, 0.2) is 30.3 Å². The van der Waals surface area contributed by atoms with E-state index in [0.29, 0.717) is 0 Å². The van der Waals surface area contributed by atoms with Gasteiger partial charge in [-0.2, -0.15) is 0 Å². The zero-order valence-corrected chi connectivity index (χ0v) is 10.0. The Kier molecular flexibility index (Phi) is 9.14. The predicted molar refractivity (Wildman–Crippen MR) is 69.5 cm³/mol. The van der Waals surface area contributed by atoms with Gasteiger partial charge in [-0.05, 0) is 17.5 Å². The van der Waals surface area contributed by atoms with E-state index in [2.05, 4.69) is 20.8 Å². The van der Waals surface area contributed by atoms with Gasteiger partial charge in [0.05, 0.1) is 6.61 Å². The zero-order chi connectivity index (χ0) is 11.0. The number of ether oxygens (including phenoxy) is 1. The van der Waals surface area contributed by atoms with Crippen LogP contribution in [0.2, 0.25) is 0 Å². The molecule has 0 atom stereocenters. The fourth-order valence-corrected chi connectivity index (χ4v) is 0.817. The Hall–Kier alpha value is -0.980. The van der Waals surface area contributed by atoms with Crippen molar-refractivity contribution in [3.63, 3.8) is 0 Å². The monoisotopic (exact) mass is 210 g/mol. The molecule has 0 amide bonds. The summed E-state index contributed by atoms with van der Waals surface area (Å²) < 4.78 is 5.57. The Balaban J connectivity index is 0. The van der Waals surface area contributed by atoms with Crippen LogP contribution in [0, 0.1) is 5.41 Å². The van der Waals surface area contributed by atoms with Crippen LogP contribution in [0.3, 0.4) is 0 Å². The van der Waals surface area contributed by atoms with Crippen molar-refractivity contribution in [3.05, 3.63) is 30.3 Å². The second kappa shape index (κ2) is 8.34. The molecule has 0 saturated carbocycles. The van der Waals surface area contributed by atoms with Crippen LogP contribution in [0.4, 0.5) is 0 Å². The van der Waals surface area contributed by atoms with E-state index in [9.17, 15) is 0 Å². The molecule has 0 fully saturated rings. The smallest absolute Gasteiger partial charge is 0.119 e. The molecule has 1 aromatic rings. The van der Waals surface area contributed by atoms with Crippen molar-refractivity contribution < 1.29 is 4.74 Å². The minimum absolute atomic E-state index is 0. The van der Waals surface area contributed by atoms with E-state index in [0.717, 1.165) is 12.4 Å². The van der Waals surface area contributed by atoms with Crippen molar-refractivity contribution in [2.75, 3.05) is 6.61 Å². The first-order valence-electron chi connectivity index (χ1n) is 5.26. The maximum atomic E-state index is 5.57. The molecule has 0 heterocycles. The highest BCUT2D eigenvalue weighted by Crippen LogP contribution is 2.16. The Morgan fingerprint density at radius 2 is 1.47 bits per heavy atom. The zero-order valence-electron chi connectivity index (χ0n) is 10.0. The van der Waals surface area contributed by atoms with Gasteiger partial charge in [0.2, 0.25) is 0 Å². The standard InChI is InChI=1S/C11H16O.C2H6.CH4/c1-11(2,3)9-12-10-7-5-4-6-8-10;1-2;/h4-8H,9H2,1-3H3;1-2H3;1H4. The van der Waals surface area contributed by atoms with Gasteiger partial charge in [-0.25, -0.2) is 0 Å². The van der Waals surface area contributed by atoms with E-state index in [-0.39, 0.29) is 12.8 Å². The third-order valence-electron chi connectivity index (χ3n) is 1.42. The molecule has 0 N–H and O–H groups in total. The SMILES string of the molecule is C.CC.CC(C)(C)COc1ccccc1. The summed E-state index contributed by atoms with van der Waals surface area (Å²) in [5, 5.41) is 0. The molecule has 0 saturated heterocycles. The molecule has 0 aliphatic carbocycles. The number of para-hydroxylation sites is 1. The highest BCUT2D eigenvalue weighted by molar-refractivity contribution is 5.20. The molecule has 88 valence electrons. The summed E-state index contributed by atoms with van der Waals surface area (Å²) in [5.41, 5.74) is 0.232. The summed E-state index contributed by atoms with van der Waals surface area (Å²) >= 11 is 0. The fraction of sp³-hybridized carbons (Fsp3) is 0.571. The van der Waals surface area contributed by atoms with Gasteiger partial charge < -0.3 is 4.74 Å². The summed E-state index contributed by atoms with van der Waals surface area (Å²) in [6.07, 6.45) is 0. The lowest BCUT2D eigenvalue weighted by molar-refractivity contribution is 0.198. The first-order valence-corrected chi connectivity index (χ1v) is 5.26. The number of hydrogen-bond donors (Lipinski definition) is 0. The van der Waals surface area contributed by atoms with Gasteiger partial charge in [0.25, 0.3) is 0 Å². The van der Waals surface area contributed by atoms with Gasteiger partial charge >= 0.3 is 0 Å². The van der Waals surface area contributed by atoms with Crippen molar-refractivity contribution in [1.82, 2.24) is 0 Å². The topological polar surface area (TPSA) is 9.23 Å². The molecule has 1 rings (SSSR count). The van der Waals surface area contributed by atoms with Crippen molar-refractivity contribution >= 4 is 0 Å². The second-order valence-electron chi connectivity index (χ2n) is 4.16. The summed E-state index contributed by atoms with van der Waals surface area (Å²) in [7, 11) is 0. The van der Waals surface area contributed by atoms with E-state index in [4.69, 9.17) is 4.74 Å². The average Bonchev–Trinajstić information content (AvgIpc) is 2.19. The highest BCUT2D eigenvalue weighted by atomic mass is 16.5. The fourth-order valence-electron chi connectivity index (χ4n) is 0.817. The number of hydrogen-bond acceptors (Lipinski definition) is 1. The van der Waals surface area contributed by atoms with Crippen molar-refractivity contribution in [2.24, 2.45) is 5.41 Å². The Morgan fingerprint density at radius 3 is 1.87 bits per heavy atom. The molecule has 1 heteroatoms. The van der Waals surface area contributed by atoms with Crippen LogP contribution in [0.25, 0.3) is 0 Å². The lowest BCUT2D eigenvalue weighted by Crippen LogP contribution is -2.16. The Labute approximate surface area is 95.5 Å². The van der Waals surface area contributed by atoms with Gasteiger partial charge in [0.15, 0.2) is 0 Å². The third kappa shape index (κ3) is 9.33. The van der Waals surface area contributed by atoms with E-state index >= 15 is 0 Å². The molecule has 1 nitrogen and oxygen atoms in total. The van der Waals surface area contributed by atoms with E-state index in [1.165, 1.54) is 0 Å². The minimum Gasteiger partial charge on any atom is -0.493 e. The van der Waals surface area contributed by atoms with Crippen LogP contribution in [-0.4, -0.2) is 6.61 Å². The molecule has 0 aliphatic heterocycles. The minimum atomic E-state index is 0. The van der Waals surface area contributed by atoms with Gasteiger partial charge in [-0.3, -0.25) is 0 Å². The van der Waals surface area contributed by atoms with Crippen LogP contribution in [0.1, 0.15) is 42.0 Å². The summed E-state index contributed by atoms with van der Waals surface area (Å²) in [6, 6.07) is 9.91. The Morgan fingerprint density at radius 1 is 1.00 bits per heavy atom. The molecule has 0 unspecified atom stereocenters. The van der Waals surface area contributed by atoms with Crippen LogP contribution in [0.5, 0.6) is 5.75 Å². The lowest BCUT2D eigenvalue weighted by Gasteiger charge is -2.18. The van der Waals surface area contributed by atoms with E-state index in [1.807, 2.05) is 44.2 Å². The maximum Gasteiger partial charge on any atom is 0.119 e. The van der Waals surface area contributed by atoms with Crippen molar-refractivity contribution in [2.45, 2.75) is 42.0 Å². The van der Waals surface area contributed by atoms with Crippen LogP contribution in [-0.2, 0) is 0 Å². The quantitative estimate of drug-likeness (QED) is 0.683. The van der Waals surface area contributed by atoms with Gasteiger partial charge in [0.1, 0.15) is 5.75 Å². The molecule has 0 radical (unpaired) electrons. The van der Waals surface area contributed by atoms with Crippen molar-refractivity contribution in [3.8, 4) is 5.75 Å². The van der Waals surface area contributed by atoms with Gasteiger partial charge in [-0.1, -0.05) is 60.2 Å². The highest BCUT2D eigenvalue weighted by Gasteiger charge is 2.10. The predicted octanol–water partition coefficient (Wildman–Crippen LogP) is 4.77. The lowest BCUT2D eigenvalue weighted by atomic mass is 9.99. The molecule has 0 spiro atoms. The maximum absolute atomic E-state index is 5.57. The molecule has 0 aromatic heterocycles. The van der Waals surface area contributed by atoms with E-state index < -0.39 is 0 Å². The second-order valence-corrected chi connectivity index (χ2v) is 4.16. The summed E-state index contributed by atoms with van der Waals surface area (Å²) in [6.45, 7) is 11.2. The number of rotatable bonds is 2. The van der Waals surface area contributed by atoms with Crippen molar-refractivity contribution in [1.29, 1.82) is 0 Å². The first-order chi connectivity index (χ1) is 6.58. The van der Waals surface area contributed by atoms with Gasteiger partial charge in [0, 0.05) is 0 Å². The van der Waals surface area contributed by atoms with Crippen LogP contribution >= 0.6 is 0 Å². The molecular weight excluding hydrogens is 184 g/mol. The molecule has 1 aromatic carbocycles. The summed E-state index contributed by atoms with van der Waals surface area (Å²) in [4.78, 5) is 0. The first kappa shape index (κ1) is 16.4. The molecule has 0 bridgehead atoms. The van der Waals surface area contributed by atoms with E-state index in [1.54, 1.807) is 0 Å². The normalized spacial score (nSPS) is 9.40. The van der Waals surface area contributed by atoms with Gasteiger partial charge in [-0.15, -0.1) is 0 Å².